The van der Waals surface area contributed by atoms with Crippen LogP contribution in [0.15, 0.2) is 229 Å². The average molecular weight is 822 g/mol. The van der Waals surface area contributed by atoms with Crippen molar-refractivity contribution in [1.82, 2.24) is 15.0 Å². The molecule has 2 aliphatic rings. The van der Waals surface area contributed by atoms with Crippen LogP contribution in [-0.2, 0) is 0 Å². The fourth-order valence-electron chi connectivity index (χ4n) is 9.33. The van der Waals surface area contributed by atoms with Gasteiger partial charge in [0.25, 0.3) is 0 Å². The van der Waals surface area contributed by atoms with Crippen LogP contribution in [0.1, 0.15) is 11.5 Å². The molecule has 3 nitrogen and oxygen atoms in total. The van der Waals surface area contributed by atoms with Crippen LogP contribution in [0.5, 0.6) is 0 Å². The monoisotopic (exact) mass is 821 g/mol. The number of thioether (sulfide) groups is 1. The Morgan fingerprint density at radius 3 is 1.51 bits per heavy atom. The van der Waals surface area contributed by atoms with Crippen molar-refractivity contribution in [3.05, 3.63) is 230 Å². The van der Waals surface area contributed by atoms with Gasteiger partial charge in [0.1, 0.15) is 0 Å². The molecule has 0 saturated heterocycles. The molecular formula is C59H39N3S. The Bertz CT molecular complexity index is 3400. The molecule has 0 saturated carbocycles. The molecule has 9 aromatic carbocycles. The van der Waals surface area contributed by atoms with Crippen molar-refractivity contribution in [2.75, 3.05) is 0 Å². The van der Waals surface area contributed by atoms with Gasteiger partial charge >= 0.3 is 0 Å². The van der Waals surface area contributed by atoms with Gasteiger partial charge in [-0.15, -0.1) is 11.8 Å². The SMILES string of the molecule is C1=CC2Sc3c(-c4ccc(-c5nc(-c6ccc(-c7ccc(-c8ccccc8)cc7)cc6)nc(-c6ccc(-c7cccc8ccccc78)cc6)n5)c5ccccc45)cccc3C2C=C1. The molecule has 0 N–H and O–H groups in total. The maximum atomic E-state index is 5.27. The maximum Gasteiger partial charge on any atom is 0.164 e. The molecule has 2 unspecified atom stereocenters. The van der Waals surface area contributed by atoms with E-state index in [1.807, 2.05) is 11.8 Å². The molecule has 4 heteroatoms. The summed E-state index contributed by atoms with van der Waals surface area (Å²) >= 11 is 1.98. The van der Waals surface area contributed by atoms with Gasteiger partial charge in [-0.1, -0.05) is 218 Å². The largest absolute Gasteiger partial charge is 0.208 e. The van der Waals surface area contributed by atoms with Gasteiger partial charge in [0.15, 0.2) is 17.5 Å². The zero-order valence-electron chi connectivity index (χ0n) is 34.3. The molecule has 2 heterocycles. The third kappa shape index (κ3) is 6.77. The van der Waals surface area contributed by atoms with Crippen LogP contribution in [0.3, 0.4) is 0 Å². The quantitative estimate of drug-likeness (QED) is 0.161. The Hall–Kier alpha value is -7.66. The van der Waals surface area contributed by atoms with Crippen LogP contribution in [0, 0.1) is 0 Å². The van der Waals surface area contributed by atoms with E-state index in [4.69, 9.17) is 15.0 Å². The first-order valence-electron chi connectivity index (χ1n) is 21.5. The Morgan fingerprint density at radius 1 is 0.317 bits per heavy atom. The standard InChI is InChI=1S/C59H39N3S/c1-2-12-38(13-3-1)39-24-26-40(27-25-39)41-28-32-44(33-29-41)57-60-58(45-34-30-43(31-35-45)47-20-10-15-42-14-4-5-16-46(42)47)62-59(61-57)54-37-36-50(48-17-6-7-18-49(48)54)52-21-11-22-53-51-19-8-9-23-55(51)63-56(52)53/h1-37,51,55H. The topological polar surface area (TPSA) is 38.7 Å². The van der Waals surface area contributed by atoms with Crippen LogP contribution in [-0.4, -0.2) is 20.2 Å². The van der Waals surface area contributed by atoms with Crippen molar-refractivity contribution in [2.45, 2.75) is 16.1 Å². The van der Waals surface area contributed by atoms with Gasteiger partial charge in [0.2, 0.25) is 0 Å². The van der Waals surface area contributed by atoms with Crippen molar-refractivity contribution < 1.29 is 0 Å². The van der Waals surface area contributed by atoms with Crippen LogP contribution >= 0.6 is 11.8 Å². The van der Waals surface area contributed by atoms with Crippen LogP contribution in [0.25, 0.3) is 100 Å². The Kier molecular flexibility index (Phi) is 9.23. The van der Waals surface area contributed by atoms with E-state index in [2.05, 4.69) is 224 Å². The second kappa shape index (κ2) is 15.7. The zero-order chi connectivity index (χ0) is 41.7. The van der Waals surface area contributed by atoms with E-state index in [0.29, 0.717) is 28.6 Å². The molecule has 1 aliphatic carbocycles. The Morgan fingerprint density at radius 2 is 0.810 bits per heavy atom. The second-order valence-electron chi connectivity index (χ2n) is 16.2. The zero-order valence-corrected chi connectivity index (χ0v) is 35.1. The van der Waals surface area contributed by atoms with Crippen LogP contribution in [0.4, 0.5) is 0 Å². The minimum Gasteiger partial charge on any atom is -0.208 e. The second-order valence-corrected chi connectivity index (χ2v) is 17.4. The van der Waals surface area contributed by atoms with Gasteiger partial charge in [-0.05, 0) is 77.7 Å². The van der Waals surface area contributed by atoms with Gasteiger partial charge in [-0.25, -0.2) is 15.0 Å². The molecule has 0 amide bonds. The number of aromatic nitrogens is 3. The predicted molar refractivity (Wildman–Crippen MR) is 264 cm³/mol. The normalized spacial score (nSPS) is 15.1. The van der Waals surface area contributed by atoms with Gasteiger partial charge in [-0.2, -0.15) is 0 Å². The number of hydrogen-bond donors (Lipinski definition) is 0. The highest BCUT2D eigenvalue weighted by Gasteiger charge is 2.33. The number of benzene rings is 9. The molecule has 1 aliphatic heterocycles. The molecule has 296 valence electrons. The predicted octanol–water partition coefficient (Wildman–Crippen LogP) is 15.5. The minimum atomic E-state index is 0.401. The molecule has 0 spiro atoms. The molecule has 0 bridgehead atoms. The molecule has 0 fully saturated rings. The van der Waals surface area contributed by atoms with Crippen molar-refractivity contribution in [3.63, 3.8) is 0 Å². The smallest absolute Gasteiger partial charge is 0.164 e. The molecule has 12 rings (SSSR count). The Labute approximate surface area is 371 Å². The summed E-state index contributed by atoms with van der Waals surface area (Å²) in [6.45, 7) is 0. The summed E-state index contributed by atoms with van der Waals surface area (Å²) in [7, 11) is 0. The lowest BCUT2D eigenvalue weighted by Crippen LogP contribution is -2.06. The summed E-state index contributed by atoms with van der Waals surface area (Å²) in [5, 5.41) is 5.16. The third-order valence-electron chi connectivity index (χ3n) is 12.5. The summed E-state index contributed by atoms with van der Waals surface area (Å²) in [5.74, 6) is 2.31. The van der Waals surface area contributed by atoms with Crippen molar-refractivity contribution in [2.24, 2.45) is 0 Å². The number of nitrogens with zero attached hydrogens (tertiary/aromatic N) is 3. The van der Waals surface area contributed by atoms with Crippen molar-refractivity contribution in [1.29, 1.82) is 0 Å². The maximum absolute atomic E-state index is 5.27. The van der Waals surface area contributed by atoms with E-state index in [-0.39, 0.29) is 0 Å². The summed E-state index contributed by atoms with van der Waals surface area (Å²) in [4.78, 5) is 17.1. The molecular weight excluding hydrogens is 783 g/mol. The first-order chi connectivity index (χ1) is 31.2. The number of rotatable bonds is 7. The van der Waals surface area contributed by atoms with Crippen LogP contribution < -0.4 is 0 Å². The summed E-state index contributed by atoms with van der Waals surface area (Å²) in [5.41, 5.74) is 13.8. The number of allylic oxidation sites excluding steroid dienone is 3. The first kappa shape index (κ1) is 37.1. The number of fused-ring (bicyclic) bond motifs is 5. The minimum absolute atomic E-state index is 0.401. The lowest BCUT2D eigenvalue weighted by Gasteiger charge is -2.15. The van der Waals surface area contributed by atoms with Crippen LogP contribution in [0.2, 0.25) is 0 Å². The van der Waals surface area contributed by atoms with E-state index in [1.54, 1.807) is 0 Å². The van der Waals surface area contributed by atoms with Gasteiger partial charge in [-0.3, -0.25) is 0 Å². The highest BCUT2D eigenvalue weighted by atomic mass is 32.2. The van der Waals surface area contributed by atoms with E-state index in [0.717, 1.165) is 38.8 Å². The fourth-order valence-corrected chi connectivity index (χ4v) is 10.8. The number of hydrogen-bond acceptors (Lipinski definition) is 4. The van der Waals surface area contributed by atoms with E-state index in [1.165, 1.54) is 54.4 Å². The molecule has 0 radical (unpaired) electrons. The van der Waals surface area contributed by atoms with Gasteiger partial charge in [0.05, 0.1) is 0 Å². The molecule has 1 aromatic heterocycles. The average Bonchev–Trinajstić information content (AvgIpc) is 3.75. The van der Waals surface area contributed by atoms with Crippen molar-refractivity contribution >= 4 is 33.3 Å². The van der Waals surface area contributed by atoms with Crippen molar-refractivity contribution in [3.8, 4) is 78.7 Å². The van der Waals surface area contributed by atoms with E-state index in [9.17, 15) is 0 Å². The van der Waals surface area contributed by atoms with E-state index < -0.39 is 0 Å². The van der Waals surface area contributed by atoms with Gasteiger partial charge < -0.3 is 0 Å². The molecule has 63 heavy (non-hydrogen) atoms. The fraction of sp³-hybridized carbons (Fsp3) is 0.0339. The summed E-state index contributed by atoms with van der Waals surface area (Å²) in [6, 6.07) is 71.5. The lowest BCUT2D eigenvalue weighted by molar-refractivity contribution is 0.881. The summed E-state index contributed by atoms with van der Waals surface area (Å²) < 4.78 is 0. The first-order valence-corrected chi connectivity index (χ1v) is 22.4. The van der Waals surface area contributed by atoms with E-state index >= 15 is 0 Å². The highest BCUT2D eigenvalue weighted by Crippen LogP contribution is 2.52. The summed E-state index contributed by atoms with van der Waals surface area (Å²) in [6.07, 6.45) is 9.05. The highest BCUT2D eigenvalue weighted by molar-refractivity contribution is 8.00. The molecule has 10 aromatic rings. The third-order valence-corrected chi connectivity index (χ3v) is 14.0. The molecule has 2 atom stereocenters. The lowest BCUT2D eigenvalue weighted by atomic mass is 9.89. The van der Waals surface area contributed by atoms with Gasteiger partial charge in [0, 0.05) is 32.8 Å². The Balaban J connectivity index is 0.960.